The molecule has 0 aliphatic heterocycles. The molecule has 144 valence electrons. The molecule has 0 bridgehead atoms. The third kappa shape index (κ3) is 4.67. The number of benzene rings is 2. The summed E-state index contributed by atoms with van der Waals surface area (Å²) in [6.45, 7) is 5.91. The van der Waals surface area contributed by atoms with Gasteiger partial charge in [0.1, 0.15) is 5.75 Å². The van der Waals surface area contributed by atoms with Gasteiger partial charge in [0, 0.05) is 32.1 Å². The van der Waals surface area contributed by atoms with Gasteiger partial charge in [-0.05, 0) is 67.3 Å². The standard InChI is InChI=1S/C22H28N2O3/c1-14-11-19(12-15(2)21(14)27-6)17-7-9-18(10-8-17)22(26)24(5)16(3)13-20(25)23-4/h7-12,16H,13H2,1-6H3,(H,23,25). The molecule has 27 heavy (non-hydrogen) atoms. The number of rotatable bonds is 6. The van der Waals surface area contributed by atoms with Gasteiger partial charge in [-0.1, -0.05) is 12.1 Å². The van der Waals surface area contributed by atoms with E-state index in [4.69, 9.17) is 4.74 Å². The molecule has 1 N–H and O–H groups in total. The van der Waals surface area contributed by atoms with E-state index in [0.29, 0.717) is 5.56 Å². The Morgan fingerprint density at radius 2 is 1.63 bits per heavy atom. The van der Waals surface area contributed by atoms with E-state index in [1.807, 2.05) is 45.0 Å². The predicted molar refractivity (Wildman–Crippen MR) is 108 cm³/mol. The number of methoxy groups -OCH3 is 1. The molecule has 0 aromatic heterocycles. The van der Waals surface area contributed by atoms with Crippen LogP contribution in [0.3, 0.4) is 0 Å². The molecule has 1 atom stereocenters. The number of hydrogen-bond donors (Lipinski definition) is 1. The van der Waals surface area contributed by atoms with Crippen molar-refractivity contribution in [3.63, 3.8) is 0 Å². The molecule has 0 fully saturated rings. The molecule has 0 heterocycles. The fraction of sp³-hybridized carbons (Fsp3) is 0.364. The Hall–Kier alpha value is -2.82. The molecule has 0 aliphatic rings. The zero-order valence-electron chi connectivity index (χ0n) is 16.9. The van der Waals surface area contributed by atoms with E-state index < -0.39 is 0 Å². The largest absolute Gasteiger partial charge is 0.496 e. The van der Waals surface area contributed by atoms with Crippen molar-refractivity contribution in [2.75, 3.05) is 21.2 Å². The molecule has 2 aromatic rings. The summed E-state index contributed by atoms with van der Waals surface area (Å²) in [5.74, 6) is 0.722. The number of hydrogen-bond acceptors (Lipinski definition) is 3. The van der Waals surface area contributed by atoms with Gasteiger partial charge in [0.05, 0.1) is 7.11 Å². The molecular weight excluding hydrogens is 340 g/mol. The topological polar surface area (TPSA) is 58.6 Å². The maximum absolute atomic E-state index is 12.7. The van der Waals surface area contributed by atoms with Crippen LogP contribution >= 0.6 is 0 Å². The van der Waals surface area contributed by atoms with E-state index >= 15 is 0 Å². The summed E-state index contributed by atoms with van der Waals surface area (Å²) in [7, 11) is 5.00. The summed E-state index contributed by atoms with van der Waals surface area (Å²) in [6.07, 6.45) is 0.279. The van der Waals surface area contributed by atoms with Gasteiger partial charge in [0.15, 0.2) is 0 Å². The maximum Gasteiger partial charge on any atom is 0.253 e. The van der Waals surface area contributed by atoms with Crippen LogP contribution in [0.5, 0.6) is 5.75 Å². The average molecular weight is 368 g/mol. The van der Waals surface area contributed by atoms with Crippen molar-refractivity contribution in [3.05, 3.63) is 53.1 Å². The number of nitrogens with zero attached hydrogens (tertiary/aromatic N) is 1. The molecule has 2 rings (SSSR count). The number of carbonyl (C=O) groups is 2. The van der Waals surface area contributed by atoms with Crippen LogP contribution in [0.1, 0.15) is 34.8 Å². The fourth-order valence-electron chi connectivity index (χ4n) is 3.16. The molecular formula is C22H28N2O3. The van der Waals surface area contributed by atoms with Gasteiger partial charge in [0.2, 0.25) is 5.91 Å². The molecule has 2 aromatic carbocycles. The van der Waals surface area contributed by atoms with Crippen molar-refractivity contribution in [2.45, 2.75) is 33.2 Å². The Morgan fingerprint density at radius 1 is 1.07 bits per heavy atom. The number of amides is 2. The highest BCUT2D eigenvalue weighted by Gasteiger charge is 2.19. The van der Waals surface area contributed by atoms with Crippen molar-refractivity contribution in [1.82, 2.24) is 10.2 Å². The fourth-order valence-corrected chi connectivity index (χ4v) is 3.16. The predicted octanol–water partition coefficient (Wildman–Crippen LogP) is 3.58. The van der Waals surface area contributed by atoms with E-state index in [0.717, 1.165) is 28.0 Å². The van der Waals surface area contributed by atoms with Crippen LogP contribution in [-0.2, 0) is 4.79 Å². The third-order valence-corrected chi connectivity index (χ3v) is 4.87. The van der Waals surface area contributed by atoms with Crippen LogP contribution in [0, 0.1) is 13.8 Å². The Labute approximate surface area is 161 Å². The molecule has 0 radical (unpaired) electrons. The van der Waals surface area contributed by atoms with Gasteiger partial charge in [-0.3, -0.25) is 9.59 Å². The normalized spacial score (nSPS) is 11.6. The summed E-state index contributed by atoms with van der Waals surface area (Å²) < 4.78 is 5.42. The van der Waals surface area contributed by atoms with Gasteiger partial charge in [-0.2, -0.15) is 0 Å². The molecule has 2 amide bonds. The highest BCUT2D eigenvalue weighted by molar-refractivity contribution is 5.95. The summed E-state index contributed by atoms with van der Waals surface area (Å²) >= 11 is 0. The monoisotopic (exact) mass is 368 g/mol. The molecule has 0 aliphatic carbocycles. The number of aryl methyl sites for hydroxylation is 2. The summed E-state index contributed by atoms with van der Waals surface area (Å²) in [5, 5.41) is 2.59. The van der Waals surface area contributed by atoms with Crippen LogP contribution in [0.4, 0.5) is 0 Å². The van der Waals surface area contributed by atoms with Crippen LogP contribution in [0.2, 0.25) is 0 Å². The first-order chi connectivity index (χ1) is 12.8. The summed E-state index contributed by atoms with van der Waals surface area (Å²) in [6, 6.07) is 11.5. The highest BCUT2D eigenvalue weighted by atomic mass is 16.5. The van der Waals surface area contributed by atoms with Crippen LogP contribution in [0.15, 0.2) is 36.4 Å². The van der Waals surface area contributed by atoms with E-state index in [1.165, 1.54) is 0 Å². The van der Waals surface area contributed by atoms with E-state index in [-0.39, 0.29) is 24.3 Å². The first kappa shape index (κ1) is 20.5. The second kappa shape index (κ2) is 8.71. The van der Waals surface area contributed by atoms with Gasteiger partial charge in [0.25, 0.3) is 5.91 Å². The number of ether oxygens (including phenoxy) is 1. The minimum absolute atomic E-state index is 0.0808. The third-order valence-electron chi connectivity index (χ3n) is 4.87. The van der Waals surface area contributed by atoms with Gasteiger partial charge >= 0.3 is 0 Å². The van der Waals surface area contributed by atoms with E-state index in [1.54, 1.807) is 26.1 Å². The van der Waals surface area contributed by atoms with Crippen molar-refractivity contribution >= 4 is 11.8 Å². The van der Waals surface area contributed by atoms with Gasteiger partial charge < -0.3 is 15.0 Å². The number of carbonyl (C=O) groups excluding carboxylic acids is 2. The van der Waals surface area contributed by atoms with Gasteiger partial charge in [-0.15, -0.1) is 0 Å². The minimum Gasteiger partial charge on any atom is -0.496 e. The van der Waals surface area contributed by atoms with Crippen LogP contribution in [0.25, 0.3) is 11.1 Å². The second-order valence-electron chi connectivity index (χ2n) is 6.86. The summed E-state index contributed by atoms with van der Waals surface area (Å²) in [5.41, 5.74) is 4.89. The van der Waals surface area contributed by atoms with Crippen LogP contribution in [-0.4, -0.2) is 44.0 Å². The minimum atomic E-state index is -0.177. The first-order valence-electron chi connectivity index (χ1n) is 9.01. The lowest BCUT2D eigenvalue weighted by molar-refractivity contribution is -0.121. The maximum atomic E-state index is 12.7. The Bertz CT molecular complexity index is 805. The zero-order chi connectivity index (χ0) is 20.1. The molecule has 0 saturated carbocycles. The number of nitrogens with one attached hydrogen (secondary N) is 1. The quantitative estimate of drug-likeness (QED) is 0.848. The molecule has 5 nitrogen and oxygen atoms in total. The smallest absolute Gasteiger partial charge is 0.253 e. The lowest BCUT2D eigenvalue weighted by Gasteiger charge is -2.24. The lowest BCUT2D eigenvalue weighted by atomic mass is 9.98. The Kier molecular flexibility index (Phi) is 6.61. The molecule has 1 unspecified atom stereocenters. The van der Waals surface area contributed by atoms with E-state index in [2.05, 4.69) is 17.4 Å². The van der Waals surface area contributed by atoms with Crippen molar-refractivity contribution in [1.29, 1.82) is 0 Å². The van der Waals surface area contributed by atoms with Crippen molar-refractivity contribution < 1.29 is 14.3 Å². The van der Waals surface area contributed by atoms with Crippen LogP contribution < -0.4 is 10.1 Å². The summed E-state index contributed by atoms with van der Waals surface area (Å²) in [4.78, 5) is 25.8. The van der Waals surface area contributed by atoms with Crippen molar-refractivity contribution in [2.24, 2.45) is 0 Å². The van der Waals surface area contributed by atoms with Crippen molar-refractivity contribution in [3.8, 4) is 16.9 Å². The average Bonchev–Trinajstić information content (AvgIpc) is 2.66. The highest BCUT2D eigenvalue weighted by Crippen LogP contribution is 2.30. The zero-order valence-corrected chi connectivity index (χ0v) is 16.9. The van der Waals surface area contributed by atoms with E-state index in [9.17, 15) is 9.59 Å². The first-order valence-corrected chi connectivity index (χ1v) is 9.01. The lowest BCUT2D eigenvalue weighted by Crippen LogP contribution is -2.38. The second-order valence-corrected chi connectivity index (χ2v) is 6.86. The Balaban J connectivity index is 2.19. The SMILES string of the molecule is CNC(=O)CC(C)N(C)C(=O)c1ccc(-c2cc(C)c(OC)c(C)c2)cc1. The molecule has 0 spiro atoms. The molecule has 5 heteroatoms. The Morgan fingerprint density at radius 3 is 2.11 bits per heavy atom. The van der Waals surface area contributed by atoms with Gasteiger partial charge in [-0.25, -0.2) is 0 Å². The molecule has 0 saturated heterocycles.